The minimum Gasteiger partial charge on any atom is -0.505 e. The predicted octanol–water partition coefficient (Wildman–Crippen LogP) is 1.10. The molecule has 0 aliphatic carbocycles. The Morgan fingerprint density at radius 1 is 1.53 bits per heavy atom. The molecule has 0 aromatic heterocycles. The van der Waals surface area contributed by atoms with Crippen LogP contribution in [0.4, 0.5) is 4.39 Å². The van der Waals surface area contributed by atoms with E-state index in [4.69, 9.17) is 5.11 Å². The molecular formula is C12H17FN2O2. The molecule has 2 N–H and O–H groups in total. The molecule has 0 saturated heterocycles. The molecule has 1 aromatic rings. The number of phenols is 1. The number of hydrogen-bond donors (Lipinski definition) is 2. The normalized spacial score (nSPS) is 10.3. The molecule has 0 spiro atoms. The summed E-state index contributed by atoms with van der Waals surface area (Å²) in [7, 11) is 1.73. The van der Waals surface area contributed by atoms with E-state index in [1.54, 1.807) is 18.0 Å². The van der Waals surface area contributed by atoms with E-state index in [1.165, 1.54) is 12.1 Å². The van der Waals surface area contributed by atoms with Gasteiger partial charge < -0.3 is 15.3 Å². The van der Waals surface area contributed by atoms with Crippen molar-refractivity contribution in [2.75, 3.05) is 20.1 Å². The molecule has 0 bridgehead atoms. The summed E-state index contributed by atoms with van der Waals surface area (Å²) in [5.41, 5.74) is 0.687. The third-order valence-electron chi connectivity index (χ3n) is 2.52. The second kappa shape index (κ2) is 6.20. The summed E-state index contributed by atoms with van der Waals surface area (Å²) >= 11 is 0. The number of nitrogens with zero attached hydrogens (tertiary/aromatic N) is 1. The minimum atomic E-state index is -0.652. The summed E-state index contributed by atoms with van der Waals surface area (Å²) < 4.78 is 13.0. The number of nitrogens with one attached hydrogen (secondary N) is 1. The van der Waals surface area contributed by atoms with E-state index in [2.05, 4.69) is 5.32 Å². The predicted molar refractivity (Wildman–Crippen MR) is 63.1 cm³/mol. The summed E-state index contributed by atoms with van der Waals surface area (Å²) in [4.78, 5) is 13.0. The number of carbonyl (C=O) groups is 1. The minimum absolute atomic E-state index is 0.00764. The van der Waals surface area contributed by atoms with Gasteiger partial charge in [0.25, 0.3) is 0 Å². The number of hydrogen-bond acceptors (Lipinski definition) is 3. The maximum Gasteiger partial charge on any atom is 0.236 e. The molecule has 0 heterocycles. The molecule has 94 valence electrons. The fourth-order valence-corrected chi connectivity index (χ4v) is 1.29. The van der Waals surface area contributed by atoms with Gasteiger partial charge in [0, 0.05) is 20.1 Å². The maximum atomic E-state index is 13.0. The van der Waals surface area contributed by atoms with E-state index in [0.717, 1.165) is 0 Å². The van der Waals surface area contributed by atoms with Crippen molar-refractivity contribution in [2.45, 2.75) is 13.5 Å². The highest BCUT2D eigenvalue weighted by molar-refractivity contribution is 5.77. The lowest BCUT2D eigenvalue weighted by atomic mass is 10.2. The number of likely N-dealkylation sites (N-methyl/N-ethyl adjacent to an activating group) is 1. The number of aromatic hydroxyl groups is 1. The van der Waals surface area contributed by atoms with Gasteiger partial charge in [-0.2, -0.15) is 0 Å². The fraction of sp³-hybridized carbons (Fsp3) is 0.417. The number of benzene rings is 1. The Balaban J connectivity index is 2.41. The van der Waals surface area contributed by atoms with Crippen molar-refractivity contribution in [3.63, 3.8) is 0 Å². The van der Waals surface area contributed by atoms with Gasteiger partial charge in [0.2, 0.25) is 5.91 Å². The lowest BCUT2D eigenvalue weighted by Gasteiger charge is -2.14. The first-order valence-electron chi connectivity index (χ1n) is 5.46. The van der Waals surface area contributed by atoms with Crippen LogP contribution >= 0.6 is 0 Å². The molecular weight excluding hydrogens is 223 g/mol. The largest absolute Gasteiger partial charge is 0.505 e. The second-order valence-electron chi connectivity index (χ2n) is 3.80. The summed E-state index contributed by atoms with van der Waals surface area (Å²) in [6, 6.07) is 4.15. The standard InChI is InChI=1S/C12H17FN2O2/c1-3-15(2)12(17)8-14-7-9-4-5-11(16)10(13)6-9/h4-6,14,16H,3,7-8H2,1-2H3. The van der Waals surface area contributed by atoms with Gasteiger partial charge in [0.15, 0.2) is 11.6 Å². The molecule has 0 unspecified atom stereocenters. The summed E-state index contributed by atoms with van der Waals surface area (Å²) in [6.45, 7) is 3.16. The molecule has 17 heavy (non-hydrogen) atoms. The van der Waals surface area contributed by atoms with Gasteiger partial charge in [-0.05, 0) is 24.6 Å². The highest BCUT2D eigenvalue weighted by Gasteiger charge is 2.06. The van der Waals surface area contributed by atoms with Crippen LogP contribution in [0.3, 0.4) is 0 Å². The van der Waals surface area contributed by atoms with Gasteiger partial charge in [0.1, 0.15) is 0 Å². The SMILES string of the molecule is CCN(C)C(=O)CNCc1ccc(O)c(F)c1. The van der Waals surface area contributed by atoms with Crippen molar-refractivity contribution >= 4 is 5.91 Å². The molecule has 0 saturated carbocycles. The van der Waals surface area contributed by atoms with Gasteiger partial charge in [-0.3, -0.25) is 4.79 Å². The van der Waals surface area contributed by atoms with Crippen LogP contribution in [-0.4, -0.2) is 36.1 Å². The lowest BCUT2D eigenvalue weighted by molar-refractivity contribution is -0.128. The van der Waals surface area contributed by atoms with Crippen molar-refractivity contribution in [1.29, 1.82) is 0 Å². The molecule has 0 fully saturated rings. The molecule has 1 aromatic carbocycles. The maximum absolute atomic E-state index is 13.0. The van der Waals surface area contributed by atoms with Gasteiger partial charge in [-0.15, -0.1) is 0 Å². The van der Waals surface area contributed by atoms with Crippen LogP contribution in [0.5, 0.6) is 5.75 Å². The van der Waals surface area contributed by atoms with E-state index in [-0.39, 0.29) is 18.2 Å². The van der Waals surface area contributed by atoms with Crippen LogP contribution in [0.25, 0.3) is 0 Å². The average molecular weight is 240 g/mol. The third kappa shape index (κ3) is 4.03. The van der Waals surface area contributed by atoms with Crippen molar-refractivity contribution < 1.29 is 14.3 Å². The number of phenolic OH excluding ortho intramolecular Hbond substituents is 1. The molecule has 1 amide bonds. The van der Waals surface area contributed by atoms with Crippen LogP contribution in [0, 0.1) is 5.82 Å². The summed E-state index contributed by atoms with van der Waals surface area (Å²) in [5, 5.41) is 11.9. The molecule has 5 heteroatoms. The second-order valence-corrected chi connectivity index (χ2v) is 3.80. The number of amides is 1. The highest BCUT2D eigenvalue weighted by atomic mass is 19.1. The summed E-state index contributed by atoms with van der Waals surface area (Å²) in [6.07, 6.45) is 0. The Morgan fingerprint density at radius 2 is 2.24 bits per heavy atom. The van der Waals surface area contributed by atoms with Crippen LogP contribution in [0.2, 0.25) is 0 Å². The van der Waals surface area contributed by atoms with Gasteiger partial charge in [-0.25, -0.2) is 4.39 Å². The molecule has 0 atom stereocenters. The van der Waals surface area contributed by atoms with Gasteiger partial charge >= 0.3 is 0 Å². The van der Waals surface area contributed by atoms with Crippen LogP contribution in [0.1, 0.15) is 12.5 Å². The summed E-state index contributed by atoms with van der Waals surface area (Å²) in [5.74, 6) is -1.02. The van der Waals surface area contributed by atoms with Crippen molar-refractivity contribution in [1.82, 2.24) is 10.2 Å². The van der Waals surface area contributed by atoms with Crippen molar-refractivity contribution in [3.8, 4) is 5.75 Å². The Labute approximate surface area is 100 Å². The van der Waals surface area contributed by atoms with Gasteiger partial charge in [-0.1, -0.05) is 6.07 Å². The molecule has 0 aliphatic rings. The van der Waals surface area contributed by atoms with Crippen LogP contribution in [-0.2, 0) is 11.3 Å². The Morgan fingerprint density at radius 3 is 2.82 bits per heavy atom. The van der Waals surface area contributed by atoms with E-state index >= 15 is 0 Å². The van der Waals surface area contributed by atoms with Gasteiger partial charge in [0.05, 0.1) is 6.54 Å². The van der Waals surface area contributed by atoms with E-state index in [9.17, 15) is 9.18 Å². The first-order chi connectivity index (χ1) is 8.04. The lowest BCUT2D eigenvalue weighted by Crippen LogP contribution is -2.35. The van der Waals surface area contributed by atoms with E-state index in [1.807, 2.05) is 6.92 Å². The molecule has 0 radical (unpaired) electrons. The Bertz CT molecular complexity index is 396. The quantitative estimate of drug-likeness (QED) is 0.810. The van der Waals surface area contributed by atoms with Crippen LogP contribution in [0.15, 0.2) is 18.2 Å². The fourth-order valence-electron chi connectivity index (χ4n) is 1.29. The molecule has 1 rings (SSSR count). The highest BCUT2D eigenvalue weighted by Crippen LogP contribution is 2.15. The third-order valence-corrected chi connectivity index (χ3v) is 2.52. The first-order valence-corrected chi connectivity index (χ1v) is 5.46. The van der Waals surface area contributed by atoms with E-state index in [0.29, 0.717) is 18.7 Å². The Hall–Kier alpha value is -1.62. The zero-order chi connectivity index (χ0) is 12.8. The van der Waals surface area contributed by atoms with E-state index < -0.39 is 5.82 Å². The smallest absolute Gasteiger partial charge is 0.236 e. The topological polar surface area (TPSA) is 52.6 Å². The van der Waals surface area contributed by atoms with Crippen molar-refractivity contribution in [3.05, 3.63) is 29.6 Å². The number of rotatable bonds is 5. The number of carbonyl (C=O) groups excluding carboxylic acids is 1. The number of halogens is 1. The van der Waals surface area contributed by atoms with Crippen molar-refractivity contribution in [2.24, 2.45) is 0 Å². The monoisotopic (exact) mass is 240 g/mol. The first kappa shape index (κ1) is 13.4. The van der Waals surface area contributed by atoms with Crippen LogP contribution < -0.4 is 5.32 Å². The molecule has 4 nitrogen and oxygen atoms in total. The molecule has 0 aliphatic heterocycles. The average Bonchev–Trinajstić information content (AvgIpc) is 2.32. The Kier molecular flexibility index (Phi) is 4.90. The zero-order valence-electron chi connectivity index (χ0n) is 10.0. The zero-order valence-corrected chi connectivity index (χ0v) is 10.0.